The van der Waals surface area contributed by atoms with Crippen molar-refractivity contribution in [2.45, 2.75) is 46.5 Å². The van der Waals surface area contributed by atoms with E-state index in [2.05, 4.69) is 14.8 Å². The lowest BCUT2D eigenvalue weighted by atomic mass is 9.88. The van der Waals surface area contributed by atoms with Crippen LogP contribution in [0.2, 0.25) is 0 Å². The molecule has 0 rings (SSSR count). The summed E-state index contributed by atoms with van der Waals surface area (Å²) in [6, 6.07) is 0. The SMILES string of the molecule is COC(=O)OC(C)OC(=O)[C@H](O)C(C)(C)COS(=O)(=O)CCCNC(C)=O. The quantitative estimate of drug-likeness (QED) is 0.203. The van der Waals surface area contributed by atoms with Gasteiger partial charge >= 0.3 is 12.1 Å². The molecular formula is C15H27NO10S. The maximum atomic E-state index is 11.9. The second kappa shape index (κ2) is 11.0. The van der Waals surface area contributed by atoms with Crippen molar-refractivity contribution in [2.24, 2.45) is 5.41 Å². The largest absolute Gasteiger partial charge is 0.511 e. The predicted molar refractivity (Wildman–Crippen MR) is 91.9 cm³/mol. The van der Waals surface area contributed by atoms with Crippen molar-refractivity contribution in [1.82, 2.24) is 5.32 Å². The fourth-order valence-corrected chi connectivity index (χ4v) is 2.75. The summed E-state index contributed by atoms with van der Waals surface area (Å²) in [6.07, 6.45) is -3.97. The van der Waals surface area contributed by atoms with Gasteiger partial charge in [0.2, 0.25) is 12.2 Å². The Bertz CT molecular complexity index is 616. The second-order valence-electron chi connectivity index (χ2n) is 6.33. The number of rotatable bonds is 11. The summed E-state index contributed by atoms with van der Waals surface area (Å²) in [4.78, 5) is 33.6. The zero-order chi connectivity index (χ0) is 21.3. The standard InChI is InChI=1S/C15H27NO10S/c1-10(17)16-7-6-8-27(21,22)24-9-15(3,4)12(18)13(19)25-11(2)26-14(20)23-5/h11-12,18H,6-9H2,1-5H3,(H,16,17)/t11?,12-/m0/s1. The molecule has 0 aliphatic heterocycles. The smallest absolute Gasteiger partial charge is 0.438 e. The van der Waals surface area contributed by atoms with E-state index in [1.165, 1.54) is 27.7 Å². The Morgan fingerprint density at radius 2 is 1.78 bits per heavy atom. The van der Waals surface area contributed by atoms with Gasteiger partial charge < -0.3 is 24.6 Å². The van der Waals surface area contributed by atoms with Crippen LogP contribution in [0.25, 0.3) is 0 Å². The molecule has 0 fully saturated rings. The Balaban J connectivity index is 4.55. The summed E-state index contributed by atoms with van der Waals surface area (Å²) >= 11 is 0. The first-order chi connectivity index (χ1) is 12.3. The first-order valence-electron chi connectivity index (χ1n) is 8.05. The van der Waals surface area contributed by atoms with Gasteiger partial charge in [-0.05, 0) is 6.42 Å². The summed E-state index contributed by atoms with van der Waals surface area (Å²) in [5.74, 6) is -1.74. The molecular weight excluding hydrogens is 386 g/mol. The average molecular weight is 413 g/mol. The van der Waals surface area contributed by atoms with E-state index in [0.717, 1.165) is 7.11 Å². The Hall–Kier alpha value is -1.92. The van der Waals surface area contributed by atoms with Crippen LogP contribution in [0.1, 0.15) is 34.1 Å². The van der Waals surface area contributed by atoms with Crippen molar-refractivity contribution >= 4 is 28.1 Å². The third kappa shape index (κ3) is 10.7. The molecule has 0 radical (unpaired) electrons. The molecule has 1 unspecified atom stereocenters. The van der Waals surface area contributed by atoms with Gasteiger partial charge in [0.25, 0.3) is 10.1 Å². The molecule has 2 N–H and O–H groups in total. The molecule has 0 bridgehead atoms. The highest BCUT2D eigenvalue weighted by molar-refractivity contribution is 7.86. The van der Waals surface area contributed by atoms with Crippen molar-refractivity contribution in [3.8, 4) is 0 Å². The van der Waals surface area contributed by atoms with Crippen LogP contribution in [0.15, 0.2) is 0 Å². The average Bonchev–Trinajstić information content (AvgIpc) is 2.56. The van der Waals surface area contributed by atoms with Crippen molar-refractivity contribution in [3.63, 3.8) is 0 Å². The van der Waals surface area contributed by atoms with Gasteiger partial charge in [-0.2, -0.15) is 8.42 Å². The molecule has 0 aliphatic rings. The van der Waals surface area contributed by atoms with Crippen LogP contribution < -0.4 is 5.32 Å². The molecule has 11 nitrogen and oxygen atoms in total. The highest BCUT2D eigenvalue weighted by Gasteiger charge is 2.37. The minimum absolute atomic E-state index is 0.148. The van der Waals surface area contributed by atoms with Gasteiger partial charge in [0.1, 0.15) is 0 Å². The number of carbonyl (C=O) groups excluding carboxylic acids is 3. The lowest BCUT2D eigenvalue weighted by Crippen LogP contribution is -2.43. The number of esters is 1. The minimum atomic E-state index is -3.91. The van der Waals surface area contributed by atoms with E-state index in [1.807, 2.05) is 0 Å². The summed E-state index contributed by atoms with van der Waals surface area (Å²) in [6.45, 7) is 5.04. The van der Waals surface area contributed by atoms with E-state index in [0.29, 0.717) is 0 Å². The van der Waals surface area contributed by atoms with E-state index < -0.39 is 46.7 Å². The minimum Gasteiger partial charge on any atom is -0.438 e. The molecule has 0 aliphatic carbocycles. The maximum Gasteiger partial charge on any atom is 0.511 e. The predicted octanol–water partition coefficient (Wildman–Crippen LogP) is -0.0817. The molecule has 158 valence electrons. The third-order valence-electron chi connectivity index (χ3n) is 3.23. The van der Waals surface area contributed by atoms with Gasteiger partial charge in [0, 0.05) is 25.8 Å². The number of hydrogen-bond acceptors (Lipinski definition) is 10. The topological polar surface area (TPSA) is 155 Å². The number of hydrogen-bond donors (Lipinski definition) is 2. The number of carbonyl (C=O) groups is 3. The summed E-state index contributed by atoms with van der Waals surface area (Å²) < 4.78 is 42.1. The monoisotopic (exact) mass is 413 g/mol. The molecule has 0 spiro atoms. The molecule has 1 amide bonds. The normalized spacial score (nSPS) is 14.0. The van der Waals surface area contributed by atoms with Gasteiger partial charge in [0.05, 0.1) is 19.5 Å². The molecule has 0 saturated heterocycles. The molecule has 2 atom stereocenters. The molecule has 0 aromatic heterocycles. The van der Waals surface area contributed by atoms with Gasteiger partial charge in [-0.25, -0.2) is 9.59 Å². The van der Waals surface area contributed by atoms with Gasteiger partial charge in [-0.1, -0.05) is 13.8 Å². The van der Waals surface area contributed by atoms with Crippen molar-refractivity contribution < 1.29 is 46.3 Å². The van der Waals surface area contributed by atoms with E-state index in [-0.39, 0.29) is 24.6 Å². The van der Waals surface area contributed by atoms with Crippen molar-refractivity contribution in [2.75, 3.05) is 26.0 Å². The van der Waals surface area contributed by atoms with Crippen LogP contribution in [0, 0.1) is 5.41 Å². The van der Waals surface area contributed by atoms with Crippen LogP contribution in [-0.4, -0.2) is 70.0 Å². The summed E-state index contributed by atoms with van der Waals surface area (Å²) in [7, 11) is -2.84. The molecule has 0 saturated carbocycles. The van der Waals surface area contributed by atoms with Gasteiger partial charge in [-0.15, -0.1) is 0 Å². The van der Waals surface area contributed by atoms with Crippen LogP contribution >= 0.6 is 0 Å². The number of aliphatic hydroxyl groups excluding tert-OH is 1. The Morgan fingerprint density at radius 3 is 2.30 bits per heavy atom. The number of aliphatic hydroxyl groups is 1. The fourth-order valence-electron chi connectivity index (χ4n) is 1.65. The van der Waals surface area contributed by atoms with Crippen LogP contribution in [-0.2, 0) is 38.1 Å². The second-order valence-corrected chi connectivity index (χ2v) is 8.09. The zero-order valence-electron chi connectivity index (χ0n) is 16.0. The lowest BCUT2D eigenvalue weighted by Gasteiger charge is -2.29. The Morgan fingerprint density at radius 1 is 1.19 bits per heavy atom. The molecule has 0 aromatic rings. The van der Waals surface area contributed by atoms with E-state index >= 15 is 0 Å². The highest BCUT2D eigenvalue weighted by Crippen LogP contribution is 2.24. The molecule has 0 heterocycles. The van der Waals surface area contributed by atoms with Crippen LogP contribution in [0.5, 0.6) is 0 Å². The van der Waals surface area contributed by atoms with Gasteiger partial charge in [0.15, 0.2) is 6.10 Å². The van der Waals surface area contributed by atoms with E-state index in [4.69, 9.17) is 8.92 Å². The molecule has 12 heteroatoms. The van der Waals surface area contributed by atoms with E-state index in [9.17, 15) is 27.9 Å². The lowest BCUT2D eigenvalue weighted by molar-refractivity contribution is -0.184. The number of methoxy groups -OCH3 is 1. The summed E-state index contributed by atoms with van der Waals surface area (Å²) in [5, 5.41) is 12.5. The number of amides is 1. The van der Waals surface area contributed by atoms with Crippen molar-refractivity contribution in [3.05, 3.63) is 0 Å². The number of ether oxygens (including phenoxy) is 3. The number of nitrogens with one attached hydrogen (secondary N) is 1. The van der Waals surface area contributed by atoms with Gasteiger partial charge in [-0.3, -0.25) is 8.98 Å². The fraction of sp³-hybridized carbons (Fsp3) is 0.800. The third-order valence-corrected chi connectivity index (χ3v) is 4.50. The van der Waals surface area contributed by atoms with E-state index in [1.54, 1.807) is 0 Å². The zero-order valence-corrected chi connectivity index (χ0v) is 16.8. The first-order valence-corrected chi connectivity index (χ1v) is 9.63. The highest BCUT2D eigenvalue weighted by atomic mass is 32.2. The molecule has 0 aromatic carbocycles. The first kappa shape index (κ1) is 25.1. The van der Waals surface area contributed by atoms with Crippen molar-refractivity contribution in [1.29, 1.82) is 0 Å². The van der Waals surface area contributed by atoms with Crippen LogP contribution in [0.3, 0.4) is 0 Å². The maximum absolute atomic E-state index is 11.9. The summed E-state index contributed by atoms with van der Waals surface area (Å²) in [5.41, 5.74) is -1.31. The Labute approximate surface area is 158 Å². The Kier molecular flexibility index (Phi) is 10.3. The van der Waals surface area contributed by atoms with Crippen LogP contribution in [0.4, 0.5) is 4.79 Å². The molecule has 27 heavy (non-hydrogen) atoms.